The highest BCUT2D eigenvalue weighted by molar-refractivity contribution is 9.10. The number of aromatic nitrogens is 1. The lowest BCUT2D eigenvalue weighted by molar-refractivity contribution is 0.0696. The molecule has 0 radical (unpaired) electrons. The second-order valence-corrected chi connectivity index (χ2v) is 7.20. The third-order valence-corrected chi connectivity index (χ3v) is 5.48. The molecule has 2 heterocycles. The molecule has 126 valence electrons. The van der Waals surface area contributed by atoms with Crippen molar-refractivity contribution in [1.29, 1.82) is 0 Å². The average molecular weight is 418 g/mol. The van der Waals surface area contributed by atoms with E-state index in [1.54, 1.807) is 0 Å². The molecule has 1 aliphatic heterocycles. The van der Waals surface area contributed by atoms with Crippen molar-refractivity contribution in [2.75, 3.05) is 13.2 Å². The van der Waals surface area contributed by atoms with Gasteiger partial charge < -0.3 is 14.6 Å². The number of carbonyl (C=O) groups is 1. The summed E-state index contributed by atoms with van der Waals surface area (Å²) in [5.41, 5.74) is 2.30. The van der Waals surface area contributed by atoms with Gasteiger partial charge in [0, 0.05) is 10.0 Å². The van der Waals surface area contributed by atoms with Crippen molar-refractivity contribution in [3.63, 3.8) is 0 Å². The fourth-order valence-corrected chi connectivity index (χ4v) is 4.06. The van der Waals surface area contributed by atoms with E-state index in [-0.39, 0.29) is 5.01 Å². The van der Waals surface area contributed by atoms with Crippen LogP contribution in [-0.2, 0) is 0 Å². The maximum Gasteiger partial charge on any atom is 0.365 e. The molecule has 25 heavy (non-hydrogen) atoms. The number of hydrogen-bond acceptors (Lipinski definition) is 5. The molecular weight excluding hydrogens is 406 g/mol. The number of thiazole rings is 1. The van der Waals surface area contributed by atoms with Crippen LogP contribution in [0.25, 0.3) is 21.7 Å². The second kappa shape index (κ2) is 6.50. The number of nitrogens with zero attached hydrogens (tertiary/aromatic N) is 1. The molecule has 0 atom stereocenters. The van der Waals surface area contributed by atoms with Crippen LogP contribution < -0.4 is 9.47 Å². The molecule has 0 fully saturated rings. The number of ether oxygens (including phenoxy) is 2. The summed E-state index contributed by atoms with van der Waals surface area (Å²) in [4.78, 5) is 16.6. The van der Waals surface area contributed by atoms with Crippen LogP contribution in [0.15, 0.2) is 46.9 Å². The zero-order valence-electron chi connectivity index (χ0n) is 12.9. The monoisotopic (exact) mass is 417 g/mol. The summed E-state index contributed by atoms with van der Waals surface area (Å²) in [7, 11) is 0. The Bertz CT molecular complexity index is 955. The zero-order chi connectivity index (χ0) is 17.4. The Kier molecular flexibility index (Phi) is 4.19. The van der Waals surface area contributed by atoms with E-state index in [0.29, 0.717) is 30.4 Å². The molecule has 0 saturated carbocycles. The van der Waals surface area contributed by atoms with Crippen molar-refractivity contribution in [1.82, 2.24) is 4.98 Å². The minimum Gasteiger partial charge on any atom is -0.486 e. The van der Waals surface area contributed by atoms with Crippen molar-refractivity contribution in [3.05, 3.63) is 51.9 Å². The first-order valence-corrected chi connectivity index (χ1v) is 9.13. The number of benzene rings is 2. The normalized spacial score (nSPS) is 12.8. The van der Waals surface area contributed by atoms with Gasteiger partial charge in [-0.25, -0.2) is 9.78 Å². The summed E-state index contributed by atoms with van der Waals surface area (Å²) in [5, 5.41) is 9.42. The molecule has 0 bridgehead atoms. The summed E-state index contributed by atoms with van der Waals surface area (Å²) in [6.07, 6.45) is 0. The first-order chi connectivity index (χ1) is 12.1. The predicted octanol–water partition coefficient (Wildman–Crippen LogP) is 4.71. The lowest BCUT2D eigenvalue weighted by atomic mass is 10.1. The molecule has 0 aliphatic carbocycles. The topological polar surface area (TPSA) is 68.7 Å². The number of carboxylic acid groups (broad SMARTS) is 1. The van der Waals surface area contributed by atoms with Gasteiger partial charge in [-0.15, -0.1) is 11.3 Å². The van der Waals surface area contributed by atoms with E-state index >= 15 is 0 Å². The Balaban J connectivity index is 1.92. The van der Waals surface area contributed by atoms with E-state index in [1.807, 2.05) is 42.5 Å². The number of aromatic carboxylic acids is 1. The Hall–Kier alpha value is -2.38. The van der Waals surface area contributed by atoms with Gasteiger partial charge in [-0.05, 0) is 33.6 Å². The van der Waals surface area contributed by atoms with Crippen LogP contribution in [-0.4, -0.2) is 29.3 Å². The fourth-order valence-electron chi connectivity index (χ4n) is 2.62. The largest absolute Gasteiger partial charge is 0.486 e. The Labute approximate surface area is 156 Å². The van der Waals surface area contributed by atoms with Crippen LogP contribution >= 0.6 is 27.3 Å². The minimum atomic E-state index is -1.04. The Morgan fingerprint density at radius 2 is 1.80 bits per heavy atom. The quantitative estimate of drug-likeness (QED) is 0.668. The number of rotatable bonds is 3. The summed E-state index contributed by atoms with van der Waals surface area (Å²) in [5.74, 6) is 0.257. The van der Waals surface area contributed by atoms with Crippen LogP contribution in [0.1, 0.15) is 9.80 Å². The van der Waals surface area contributed by atoms with Crippen LogP contribution in [0.4, 0.5) is 0 Å². The summed E-state index contributed by atoms with van der Waals surface area (Å²) >= 11 is 4.70. The molecule has 5 nitrogen and oxygen atoms in total. The van der Waals surface area contributed by atoms with Crippen molar-refractivity contribution in [2.24, 2.45) is 0 Å². The van der Waals surface area contributed by atoms with Crippen LogP contribution in [0.5, 0.6) is 11.5 Å². The van der Waals surface area contributed by atoms with Gasteiger partial charge in [0.05, 0.1) is 10.6 Å². The van der Waals surface area contributed by atoms with Crippen LogP contribution in [0.3, 0.4) is 0 Å². The molecule has 0 amide bonds. The van der Waals surface area contributed by atoms with Gasteiger partial charge in [0.1, 0.15) is 13.2 Å². The molecule has 7 heteroatoms. The van der Waals surface area contributed by atoms with Gasteiger partial charge in [-0.3, -0.25) is 0 Å². The molecule has 1 aromatic heterocycles. The van der Waals surface area contributed by atoms with Crippen molar-refractivity contribution >= 4 is 33.2 Å². The number of carboxylic acids is 1. The summed E-state index contributed by atoms with van der Waals surface area (Å²) in [6, 6.07) is 13.3. The van der Waals surface area contributed by atoms with Crippen molar-refractivity contribution in [2.45, 2.75) is 0 Å². The third kappa shape index (κ3) is 3.01. The fraction of sp³-hybridized carbons (Fsp3) is 0.111. The highest BCUT2D eigenvalue weighted by Gasteiger charge is 2.23. The van der Waals surface area contributed by atoms with Crippen LogP contribution in [0, 0.1) is 0 Å². The molecule has 0 saturated heterocycles. The molecule has 4 rings (SSSR count). The van der Waals surface area contributed by atoms with Gasteiger partial charge in [-0.2, -0.15) is 0 Å². The molecular formula is C18H12BrNO4S. The predicted molar refractivity (Wildman–Crippen MR) is 98.6 cm³/mol. The third-order valence-electron chi connectivity index (χ3n) is 3.73. The standard InChI is InChI=1S/C18H12BrNO4S/c19-12-9-14-13(23-6-7-24-14)8-11(12)15-16(10-4-2-1-3-5-10)25-17(20-15)18(21)22/h1-5,8-9H,6-7H2,(H,21,22). The number of halogens is 1. The van der Waals surface area contributed by atoms with Gasteiger partial charge in [0.15, 0.2) is 11.5 Å². The summed E-state index contributed by atoms with van der Waals surface area (Å²) in [6.45, 7) is 0.991. The average Bonchev–Trinajstić information content (AvgIpc) is 3.07. The lowest BCUT2D eigenvalue weighted by Crippen LogP contribution is -2.15. The van der Waals surface area contributed by atoms with Gasteiger partial charge >= 0.3 is 5.97 Å². The number of hydrogen-bond donors (Lipinski definition) is 1. The summed E-state index contributed by atoms with van der Waals surface area (Å²) < 4.78 is 12.0. The van der Waals surface area contributed by atoms with Gasteiger partial charge in [0.25, 0.3) is 0 Å². The zero-order valence-corrected chi connectivity index (χ0v) is 15.3. The maximum atomic E-state index is 11.4. The minimum absolute atomic E-state index is 0.0515. The maximum absolute atomic E-state index is 11.4. The Morgan fingerprint density at radius 1 is 1.12 bits per heavy atom. The Morgan fingerprint density at radius 3 is 2.48 bits per heavy atom. The first-order valence-electron chi connectivity index (χ1n) is 7.52. The van der Waals surface area contributed by atoms with Crippen molar-refractivity contribution < 1.29 is 19.4 Å². The van der Waals surface area contributed by atoms with E-state index in [0.717, 1.165) is 31.8 Å². The van der Waals surface area contributed by atoms with E-state index in [2.05, 4.69) is 20.9 Å². The van der Waals surface area contributed by atoms with E-state index in [1.165, 1.54) is 0 Å². The number of fused-ring (bicyclic) bond motifs is 1. The van der Waals surface area contributed by atoms with E-state index in [4.69, 9.17) is 9.47 Å². The highest BCUT2D eigenvalue weighted by atomic mass is 79.9. The lowest BCUT2D eigenvalue weighted by Gasteiger charge is -2.19. The molecule has 0 unspecified atom stereocenters. The molecule has 1 aliphatic rings. The van der Waals surface area contributed by atoms with Gasteiger partial charge in [0.2, 0.25) is 5.01 Å². The van der Waals surface area contributed by atoms with E-state index in [9.17, 15) is 9.90 Å². The second-order valence-electron chi connectivity index (χ2n) is 5.34. The molecule has 3 aromatic rings. The molecule has 2 aromatic carbocycles. The first kappa shape index (κ1) is 16.1. The van der Waals surface area contributed by atoms with Crippen molar-refractivity contribution in [3.8, 4) is 33.2 Å². The SMILES string of the molecule is O=C(O)c1nc(-c2cc3c(cc2Br)OCCO3)c(-c2ccccc2)s1. The molecule has 0 spiro atoms. The highest BCUT2D eigenvalue weighted by Crippen LogP contribution is 2.44. The smallest absolute Gasteiger partial charge is 0.365 e. The van der Waals surface area contributed by atoms with Crippen LogP contribution in [0.2, 0.25) is 0 Å². The molecule has 1 N–H and O–H groups in total. The van der Waals surface area contributed by atoms with E-state index < -0.39 is 5.97 Å². The van der Waals surface area contributed by atoms with Gasteiger partial charge in [-0.1, -0.05) is 30.3 Å².